The summed E-state index contributed by atoms with van der Waals surface area (Å²) >= 11 is 0. The molecule has 1 saturated carbocycles. The maximum Gasteiger partial charge on any atom is 0.319 e. The molecule has 1 aliphatic rings. The third-order valence-electron chi connectivity index (χ3n) is 3.77. The first-order valence-corrected chi connectivity index (χ1v) is 8.18. The maximum absolute atomic E-state index is 12.1. The lowest BCUT2D eigenvalue weighted by atomic mass is 10.1. The number of hydrogen-bond donors (Lipinski definition) is 3. The lowest BCUT2D eigenvalue weighted by Crippen LogP contribution is -2.39. The van der Waals surface area contributed by atoms with Crippen LogP contribution < -0.4 is 16.0 Å². The highest BCUT2D eigenvalue weighted by Gasteiger charge is 2.23. The summed E-state index contributed by atoms with van der Waals surface area (Å²) in [4.78, 5) is 25.4. The molecule has 1 fully saturated rings. The first kappa shape index (κ1) is 17.8. The minimum Gasteiger partial charge on any atom is -0.335 e. The fraction of sp³-hybridized carbons (Fsp3) is 0.444. The number of amides is 4. The number of urea groups is 2. The Morgan fingerprint density at radius 3 is 2.46 bits per heavy atom. The summed E-state index contributed by atoms with van der Waals surface area (Å²) in [6, 6.07) is 7.36. The molecule has 0 aromatic heterocycles. The van der Waals surface area contributed by atoms with Crippen molar-refractivity contribution in [1.29, 1.82) is 0 Å². The van der Waals surface area contributed by atoms with E-state index in [0.717, 1.165) is 29.7 Å². The molecule has 1 aromatic carbocycles. The normalized spacial score (nSPS) is 14.5. The molecule has 4 amide bonds. The third-order valence-corrected chi connectivity index (χ3v) is 3.77. The Bertz CT molecular complexity index is 608. The Labute approximate surface area is 143 Å². The van der Waals surface area contributed by atoms with Gasteiger partial charge in [0.2, 0.25) is 0 Å². The van der Waals surface area contributed by atoms with Gasteiger partial charge in [0.1, 0.15) is 0 Å². The SMILES string of the molecule is C=C(C)CN(C)C(=O)N[C@H](C)c1ccc(NC(=O)NC2CC2)cc1. The van der Waals surface area contributed by atoms with E-state index in [1.807, 2.05) is 38.1 Å². The van der Waals surface area contributed by atoms with Crippen LogP contribution in [0.4, 0.5) is 15.3 Å². The zero-order valence-electron chi connectivity index (χ0n) is 14.6. The van der Waals surface area contributed by atoms with Gasteiger partial charge in [-0.05, 0) is 44.4 Å². The van der Waals surface area contributed by atoms with Gasteiger partial charge in [0.25, 0.3) is 0 Å². The van der Waals surface area contributed by atoms with E-state index in [-0.39, 0.29) is 18.1 Å². The van der Waals surface area contributed by atoms with Gasteiger partial charge in [-0.15, -0.1) is 0 Å². The second kappa shape index (κ2) is 7.86. The summed E-state index contributed by atoms with van der Waals surface area (Å²) in [5.41, 5.74) is 2.63. The summed E-state index contributed by atoms with van der Waals surface area (Å²) in [6.45, 7) is 8.15. The standard InChI is InChI=1S/C18H26N4O2/c1-12(2)11-22(4)18(24)19-13(3)14-5-7-15(8-6-14)20-17(23)21-16-9-10-16/h5-8,13,16H,1,9-11H2,2-4H3,(H,19,24)(H2,20,21,23)/t13-/m1/s1. The van der Waals surface area contributed by atoms with E-state index in [1.54, 1.807) is 11.9 Å². The summed E-state index contributed by atoms with van der Waals surface area (Å²) < 4.78 is 0. The van der Waals surface area contributed by atoms with Crippen LogP contribution in [0.2, 0.25) is 0 Å². The van der Waals surface area contributed by atoms with E-state index in [4.69, 9.17) is 0 Å². The van der Waals surface area contributed by atoms with Gasteiger partial charge in [0.05, 0.1) is 6.04 Å². The molecule has 1 aromatic rings. The number of nitrogens with zero attached hydrogens (tertiary/aromatic N) is 1. The van der Waals surface area contributed by atoms with E-state index in [0.29, 0.717) is 12.6 Å². The van der Waals surface area contributed by atoms with Crippen LogP contribution in [0.3, 0.4) is 0 Å². The number of hydrogen-bond acceptors (Lipinski definition) is 2. The summed E-state index contributed by atoms with van der Waals surface area (Å²) in [5, 5.41) is 8.62. The number of carbonyl (C=O) groups is 2. The average molecular weight is 330 g/mol. The van der Waals surface area contributed by atoms with Gasteiger partial charge in [-0.25, -0.2) is 9.59 Å². The number of carbonyl (C=O) groups excluding carboxylic acids is 2. The predicted molar refractivity (Wildman–Crippen MR) is 96.0 cm³/mol. The largest absolute Gasteiger partial charge is 0.335 e. The lowest BCUT2D eigenvalue weighted by molar-refractivity contribution is 0.209. The number of rotatable bonds is 6. The van der Waals surface area contributed by atoms with Crippen molar-refractivity contribution < 1.29 is 9.59 Å². The van der Waals surface area contributed by atoms with Crippen LogP contribution in [0.25, 0.3) is 0 Å². The summed E-state index contributed by atoms with van der Waals surface area (Å²) in [7, 11) is 1.74. The molecule has 2 rings (SSSR count). The first-order valence-electron chi connectivity index (χ1n) is 8.18. The number of benzene rings is 1. The van der Waals surface area contributed by atoms with Gasteiger partial charge in [0.15, 0.2) is 0 Å². The van der Waals surface area contributed by atoms with E-state index in [9.17, 15) is 9.59 Å². The average Bonchev–Trinajstić information content (AvgIpc) is 3.30. The first-order chi connectivity index (χ1) is 11.3. The molecule has 0 aliphatic heterocycles. The van der Waals surface area contributed by atoms with Gasteiger partial charge in [-0.1, -0.05) is 24.3 Å². The van der Waals surface area contributed by atoms with Gasteiger partial charge in [-0.3, -0.25) is 0 Å². The minimum absolute atomic E-state index is 0.126. The van der Waals surface area contributed by atoms with Crippen LogP contribution in [0, 0.1) is 0 Å². The van der Waals surface area contributed by atoms with E-state index in [2.05, 4.69) is 22.5 Å². The monoisotopic (exact) mass is 330 g/mol. The van der Waals surface area contributed by atoms with Crippen molar-refractivity contribution in [3.63, 3.8) is 0 Å². The van der Waals surface area contributed by atoms with Crippen molar-refractivity contribution in [2.24, 2.45) is 0 Å². The van der Waals surface area contributed by atoms with Crippen molar-refractivity contribution in [2.75, 3.05) is 18.9 Å². The molecule has 130 valence electrons. The molecule has 0 unspecified atom stereocenters. The fourth-order valence-electron chi connectivity index (χ4n) is 2.29. The van der Waals surface area contributed by atoms with Gasteiger partial charge < -0.3 is 20.9 Å². The molecule has 1 aliphatic carbocycles. The molecular formula is C18H26N4O2. The quantitative estimate of drug-likeness (QED) is 0.701. The molecule has 6 heteroatoms. The molecule has 0 heterocycles. The summed E-state index contributed by atoms with van der Waals surface area (Å²) in [6.07, 6.45) is 2.12. The third kappa shape index (κ3) is 5.61. The van der Waals surface area contributed by atoms with E-state index < -0.39 is 0 Å². The van der Waals surface area contributed by atoms with Gasteiger partial charge in [-0.2, -0.15) is 0 Å². The van der Waals surface area contributed by atoms with E-state index in [1.165, 1.54) is 0 Å². The molecule has 3 N–H and O–H groups in total. The van der Waals surface area contributed by atoms with Crippen molar-refractivity contribution in [3.05, 3.63) is 42.0 Å². The predicted octanol–water partition coefficient (Wildman–Crippen LogP) is 3.25. The van der Waals surface area contributed by atoms with E-state index >= 15 is 0 Å². The van der Waals surface area contributed by atoms with Crippen LogP contribution in [0.1, 0.15) is 38.3 Å². The van der Waals surface area contributed by atoms with Crippen molar-refractivity contribution in [2.45, 2.75) is 38.8 Å². The van der Waals surface area contributed by atoms with Crippen LogP contribution in [0.5, 0.6) is 0 Å². The highest BCUT2D eigenvalue weighted by molar-refractivity contribution is 5.89. The minimum atomic E-state index is -0.173. The van der Waals surface area contributed by atoms with Gasteiger partial charge >= 0.3 is 12.1 Å². The Morgan fingerprint density at radius 2 is 1.92 bits per heavy atom. The zero-order chi connectivity index (χ0) is 17.7. The van der Waals surface area contributed by atoms with Crippen molar-refractivity contribution in [1.82, 2.24) is 15.5 Å². The molecule has 24 heavy (non-hydrogen) atoms. The molecule has 0 saturated heterocycles. The highest BCUT2D eigenvalue weighted by Crippen LogP contribution is 2.19. The smallest absolute Gasteiger partial charge is 0.319 e. The van der Waals surface area contributed by atoms with Crippen LogP contribution in [-0.2, 0) is 0 Å². The molecular weight excluding hydrogens is 304 g/mol. The number of anilines is 1. The summed E-state index contributed by atoms with van der Waals surface area (Å²) in [5.74, 6) is 0. The van der Waals surface area contributed by atoms with Crippen molar-refractivity contribution in [3.8, 4) is 0 Å². The Morgan fingerprint density at radius 1 is 1.29 bits per heavy atom. The molecule has 1 atom stereocenters. The number of likely N-dealkylation sites (N-methyl/N-ethyl adjacent to an activating group) is 1. The fourth-order valence-corrected chi connectivity index (χ4v) is 2.29. The lowest BCUT2D eigenvalue weighted by Gasteiger charge is -2.22. The Balaban J connectivity index is 1.85. The maximum atomic E-state index is 12.1. The molecule has 0 radical (unpaired) electrons. The Kier molecular flexibility index (Phi) is 5.84. The molecule has 0 spiro atoms. The second-order valence-electron chi connectivity index (χ2n) is 6.48. The van der Waals surface area contributed by atoms with Crippen LogP contribution in [0.15, 0.2) is 36.4 Å². The second-order valence-corrected chi connectivity index (χ2v) is 6.48. The molecule has 6 nitrogen and oxygen atoms in total. The van der Waals surface area contributed by atoms with Crippen LogP contribution in [-0.4, -0.2) is 36.6 Å². The van der Waals surface area contributed by atoms with Crippen molar-refractivity contribution >= 4 is 17.7 Å². The highest BCUT2D eigenvalue weighted by atomic mass is 16.2. The number of nitrogens with one attached hydrogen (secondary N) is 3. The zero-order valence-corrected chi connectivity index (χ0v) is 14.6. The topological polar surface area (TPSA) is 73.5 Å². The van der Waals surface area contributed by atoms with Crippen LogP contribution >= 0.6 is 0 Å². The Hall–Kier alpha value is -2.50. The van der Waals surface area contributed by atoms with Gasteiger partial charge in [0, 0.05) is 25.3 Å². The molecule has 0 bridgehead atoms.